The number of nitrogens with zero attached hydrogens (tertiary/aromatic N) is 4. The second kappa shape index (κ2) is 7.70. The van der Waals surface area contributed by atoms with E-state index in [9.17, 15) is 4.39 Å². The summed E-state index contributed by atoms with van der Waals surface area (Å²) in [6.07, 6.45) is 6.08. The molecule has 0 spiro atoms. The summed E-state index contributed by atoms with van der Waals surface area (Å²) in [4.78, 5) is 7.17. The molecule has 1 saturated heterocycles. The molecule has 2 aliphatic rings. The number of hydrogen-bond donors (Lipinski definition) is 2. The van der Waals surface area contributed by atoms with Crippen LogP contribution in [-0.4, -0.2) is 39.9 Å². The Hall–Kier alpha value is -3.19. The minimum Gasteiger partial charge on any atom is -0.368 e. The van der Waals surface area contributed by atoms with E-state index in [0.29, 0.717) is 29.2 Å². The Morgan fingerprint density at radius 2 is 1.85 bits per heavy atom. The molecule has 1 aliphatic carbocycles. The lowest BCUT2D eigenvalue weighted by molar-refractivity contribution is 0.407. The molecule has 33 heavy (non-hydrogen) atoms. The zero-order valence-corrected chi connectivity index (χ0v) is 19.3. The number of nitrogens with one attached hydrogen (secondary N) is 2. The average Bonchev–Trinajstić information content (AvgIpc) is 3.54. The number of anilines is 3. The Labute approximate surface area is 192 Å². The van der Waals surface area contributed by atoms with E-state index in [2.05, 4.69) is 57.7 Å². The van der Waals surface area contributed by atoms with Crippen molar-refractivity contribution in [2.75, 3.05) is 23.3 Å². The van der Waals surface area contributed by atoms with E-state index in [1.54, 1.807) is 11.7 Å². The zero-order chi connectivity index (χ0) is 22.7. The van der Waals surface area contributed by atoms with Gasteiger partial charge in [-0.2, -0.15) is 5.10 Å². The maximum Gasteiger partial charge on any atom is 0.153 e. The van der Waals surface area contributed by atoms with Crippen LogP contribution in [0, 0.1) is 5.82 Å². The highest BCUT2D eigenvalue weighted by Crippen LogP contribution is 2.46. The molecule has 6 rings (SSSR count). The van der Waals surface area contributed by atoms with Crippen LogP contribution in [0.25, 0.3) is 21.7 Å². The lowest BCUT2D eigenvalue weighted by Crippen LogP contribution is -2.54. The Morgan fingerprint density at radius 1 is 1.06 bits per heavy atom. The number of pyridine rings is 1. The fourth-order valence-corrected chi connectivity index (χ4v) is 5.29. The number of piperazine rings is 1. The minimum atomic E-state index is -0.331. The van der Waals surface area contributed by atoms with Crippen molar-refractivity contribution in [2.45, 2.75) is 44.7 Å². The molecule has 1 saturated carbocycles. The Bertz CT molecular complexity index is 1350. The van der Waals surface area contributed by atoms with Gasteiger partial charge in [0.1, 0.15) is 11.3 Å². The molecule has 0 radical (unpaired) electrons. The van der Waals surface area contributed by atoms with Gasteiger partial charge in [-0.25, -0.2) is 9.37 Å². The third-order valence-electron chi connectivity index (χ3n) is 6.76. The summed E-state index contributed by atoms with van der Waals surface area (Å²) < 4.78 is 16.3. The third kappa shape index (κ3) is 3.80. The second-order valence-electron chi connectivity index (χ2n) is 9.76. The van der Waals surface area contributed by atoms with Gasteiger partial charge in [0.15, 0.2) is 5.82 Å². The van der Waals surface area contributed by atoms with Crippen molar-refractivity contribution in [2.24, 2.45) is 7.05 Å². The molecule has 2 aromatic heterocycles. The van der Waals surface area contributed by atoms with Crippen LogP contribution in [0.3, 0.4) is 0 Å². The fraction of sp³-hybridized carbons (Fsp3) is 0.385. The molecule has 2 aromatic carbocycles. The lowest BCUT2D eigenvalue weighted by atomic mass is 9.99. The van der Waals surface area contributed by atoms with Gasteiger partial charge < -0.3 is 15.5 Å². The minimum absolute atomic E-state index is 0.331. The molecule has 0 unspecified atom stereocenters. The van der Waals surface area contributed by atoms with Gasteiger partial charge in [0.2, 0.25) is 0 Å². The van der Waals surface area contributed by atoms with E-state index in [4.69, 9.17) is 0 Å². The predicted octanol–water partition coefficient (Wildman–Crippen LogP) is 5.07. The van der Waals surface area contributed by atoms with Gasteiger partial charge >= 0.3 is 0 Å². The number of rotatable bonds is 4. The Morgan fingerprint density at radius 3 is 2.61 bits per heavy atom. The largest absolute Gasteiger partial charge is 0.368 e. The molecule has 0 bridgehead atoms. The average molecular weight is 445 g/mol. The van der Waals surface area contributed by atoms with E-state index in [-0.39, 0.29) is 5.82 Å². The highest BCUT2D eigenvalue weighted by Gasteiger charge is 2.29. The number of hydrogen-bond acceptors (Lipinski definition) is 5. The lowest BCUT2D eigenvalue weighted by Gasteiger charge is -2.38. The molecule has 2 N–H and O–H groups in total. The van der Waals surface area contributed by atoms with Gasteiger partial charge in [0.25, 0.3) is 0 Å². The molecular weight excluding hydrogens is 415 g/mol. The van der Waals surface area contributed by atoms with Crippen LogP contribution in [0.1, 0.15) is 38.2 Å². The first-order valence-electron chi connectivity index (χ1n) is 11.8. The van der Waals surface area contributed by atoms with Crippen molar-refractivity contribution in [3.8, 4) is 0 Å². The van der Waals surface area contributed by atoms with Gasteiger partial charge in [0, 0.05) is 66.8 Å². The van der Waals surface area contributed by atoms with Crippen molar-refractivity contribution in [1.82, 2.24) is 20.1 Å². The maximum atomic E-state index is 14.7. The van der Waals surface area contributed by atoms with Crippen molar-refractivity contribution in [1.29, 1.82) is 0 Å². The fourth-order valence-electron chi connectivity index (χ4n) is 5.29. The van der Waals surface area contributed by atoms with Crippen LogP contribution < -0.4 is 15.5 Å². The van der Waals surface area contributed by atoms with Crippen LogP contribution in [0.5, 0.6) is 0 Å². The maximum absolute atomic E-state index is 14.7. The van der Waals surface area contributed by atoms with Gasteiger partial charge in [-0.15, -0.1) is 0 Å². The van der Waals surface area contributed by atoms with Crippen LogP contribution in [-0.2, 0) is 7.05 Å². The van der Waals surface area contributed by atoms with E-state index < -0.39 is 0 Å². The second-order valence-corrected chi connectivity index (χ2v) is 9.76. The van der Waals surface area contributed by atoms with Gasteiger partial charge in [-0.3, -0.25) is 4.68 Å². The summed E-state index contributed by atoms with van der Waals surface area (Å²) in [6.45, 7) is 6.49. The number of fused-ring (bicyclic) bond motifs is 2. The summed E-state index contributed by atoms with van der Waals surface area (Å²) in [5, 5.41) is 14.3. The van der Waals surface area contributed by atoms with Crippen LogP contribution >= 0.6 is 0 Å². The number of aromatic nitrogens is 3. The van der Waals surface area contributed by atoms with E-state index >= 15 is 0 Å². The van der Waals surface area contributed by atoms with Gasteiger partial charge in [0.05, 0.1) is 0 Å². The Balaban J connectivity index is 1.43. The van der Waals surface area contributed by atoms with Crippen LogP contribution in [0.4, 0.5) is 21.6 Å². The molecule has 0 amide bonds. The summed E-state index contributed by atoms with van der Waals surface area (Å²) in [6, 6.07) is 11.1. The molecule has 2 atom stereocenters. The molecule has 170 valence electrons. The summed E-state index contributed by atoms with van der Waals surface area (Å²) >= 11 is 0. The van der Waals surface area contributed by atoms with Crippen molar-refractivity contribution < 1.29 is 4.39 Å². The number of benzene rings is 2. The van der Waals surface area contributed by atoms with E-state index in [0.717, 1.165) is 29.7 Å². The Kier molecular flexibility index (Phi) is 4.76. The van der Waals surface area contributed by atoms with Crippen LogP contribution in [0.2, 0.25) is 0 Å². The standard InChI is InChI=1S/C26H29FN6/c1-15-12-33(13-16(2)29-15)21-9-18-6-7-28-26(24(18)22(11-21)17-4-5-17)30-20-8-19-14-32(3)31-25(19)23(27)10-20/h6-11,14-17,29H,4-5,12-13H2,1-3H3,(H,28,30)/t15-,16+. The SMILES string of the molecule is C[C@@H]1CN(c2cc(C3CC3)c3c(Nc4cc(F)c5nn(C)cc5c4)nccc3c2)C[C@H](C)N1. The normalized spacial score (nSPS) is 21.2. The number of aryl methyl sites for hydroxylation is 1. The first kappa shape index (κ1) is 20.4. The molecule has 6 nitrogen and oxygen atoms in total. The van der Waals surface area contributed by atoms with Crippen LogP contribution in [0.15, 0.2) is 42.7 Å². The third-order valence-corrected chi connectivity index (χ3v) is 6.76. The summed E-state index contributed by atoms with van der Waals surface area (Å²) in [5.74, 6) is 1.01. The molecule has 1 aliphatic heterocycles. The predicted molar refractivity (Wildman–Crippen MR) is 132 cm³/mol. The highest BCUT2D eigenvalue weighted by atomic mass is 19.1. The zero-order valence-electron chi connectivity index (χ0n) is 19.3. The molecule has 2 fully saturated rings. The van der Waals surface area contributed by atoms with Gasteiger partial charge in [-0.05, 0) is 73.9 Å². The summed E-state index contributed by atoms with van der Waals surface area (Å²) in [5.41, 5.74) is 3.70. The van der Waals surface area contributed by atoms with Gasteiger partial charge in [-0.1, -0.05) is 0 Å². The number of halogens is 1. The smallest absolute Gasteiger partial charge is 0.153 e. The van der Waals surface area contributed by atoms with E-state index in [1.807, 2.05) is 18.5 Å². The van der Waals surface area contributed by atoms with E-state index in [1.165, 1.54) is 35.5 Å². The molecule has 3 heterocycles. The topological polar surface area (TPSA) is 58.0 Å². The first-order chi connectivity index (χ1) is 15.9. The molecular formula is C26H29FN6. The van der Waals surface area contributed by atoms with Crippen molar-refractivity contribution in [3.63, 3.8) is 0 Å². The van der Waals surface area contributed by atoms with Crippen molar-refractivity contribution in [3.05, 3.63) is 54.1 Å². The first-order valence-corrected chi connectivity index (χ1v) is 11.8. The monoisotopic (exact) mass is 444 g/mol. The quantitative estimate of drug-likeness (QED) is 0.460. The summed E-state index contributed by atoms with van der Waals surface area (Å²) in [7, 11) is 1.80. The molecule has 7 heteroatoms. The highest BCUT2D eigenvalue weighted by molar-refractivity contribution is 5.99. The van der Waals surface area contributed by atoms with Crippen molar-refractivity contribution >= 4 is 38.9 Å². The molecule has 4 aromatic rings.